The highest BCUT2D eigenvalue weighted by Gasteiger charge is 2.36. The van der Waals surface area contributed by atoms with E-state index in [1.165, 1.54) is 12.0 Å². The predicted molar refractivity (Wildman–Crippen MR) is 77.5 cm³/mol. The molecule has 0 spiro atoms. The van der Waals surface area contributed by atoms with Gasteiger partial charge < -0.3 is 14.7 Å². The average Bonchev–Trinajstić information content (AvgIpc) is 2.54. The summed E-state index contributed by atoms with van der Waals surface area (Å²) in [6, 6.07) is 8.08. The number of amides is 2. The number of hydroxylamine groups is 1. The van der Waals surface area contributed by atoms with Gasteiger partial charge in [0, 0.05) is 13.0 Å². The quantitative estimate of drug-likeness (QED) is 0.635. The van der Waals surface area contributed by atoms with Crippen LogP contribution in [0.4, 0.5) is 4.79 Å². The number of ether oxygens (including phenoxy) is 1. The van der Waals surface area contributed by atoms with Gasteiger partial charge in [-0.1, -0.05) is 30.3 Å². The van der Waals surface area contributed by atoms with E-state index in [0.29, 0.717) is 6.42 Å². The van der Waals surface area contributed by atoms with Crippen LogP contribution in [0.3, 0.4) is 0 Å². The van der Waals surface area contributed by atoms with Crippen molar-refractivity contribution in [3.05, 3.63) is 35.9 Å². The zero-order valence-corrected chi connectivity index (χ0v) is 12.4. The van der Waals surface area contributed by atoms with Gasteiger partial charge in [0.15, 0.2) is 0 Å². The average molecular weight is 308 g/mol. The summed E-state index contributed by atoms with van der Waals surface area (Å²) >= 11 is 0. The Morgan fingerprint density at radius 3 is 2.77 bits per heavy atom. The van der Waals surface area contributed by atoms with Crippen molar-refractivity contribution >= 4 is 12.0 Å². The Morgan fingerprint density at radius 1 is 1.36 bits per heavy atom. The van der Waals surface area contributed by atoms with Crippen molar-refractivity contribution in [1.29, 1.82) is 0 Å². The lowest BCUT2D eigenvalue weighted by Gasteiger charge is -2.35. The molecule has 0 aliphatic carbocycles. The van der Waals surface area contributed by atoms with E-state index in [9.17, 15) is 14.7 Å². The lowest BCUT2D eigenvalue weighted by molar-refractivity contribution is -0.149. The topological polar surface area (TPSA) is 88.1 Å². The van der Waals surface area contributed by atoms with Gasteiger partial charge in [0.25, 0.3) is 0 Å². The number of rotatable bonds is 4. The molecule has 22 heavy (non-hydrogen) atoms. The van der Waals surface area contributed by atoms with E-state index >= 15 is 0 Å². The molecule has 120 valence electrons. The molecule has 1 heterocycles. The van der Waals surface area contributed by atoms with E-state index in [0.717, 1.165) is 5.56 Å². The van der Waals surface area contributed by atoms with Crippen molar-refractivity contribution in [1.82, 2.24) is 10.4 Å². The largest absolute Gasteiger partial charge is 0.467 e. The summed E-state index contributed by atoms with van der Waals surface area (Å²) in [5, 5.41) is 9.65. The first-order chi connectivity index (χ1) is 10.6. The molecule has 1 aliphatic rings. The molecule has 0 aromatic heterocycles. The number of likely N-dealkylation sites (tertiary alicyclic amines) is 1. The van der Waals surface area contributed by atoms with Crippen LogP contribution in [0.2, 0.25) is 0 Å². The molecule has 1 aromatic carbocycles. The molecule has 0 bridgehead atoms. The molecule has 2 atom stereocenters. The number of nitrogens with zero attached hydrogens (tertiary/aromatic N) is 1. The highest BCUT2D eigenvalue weighted by atomic mass is 16.7. The maximum absolute atomic E-state index is 12.1. The van der Waals surface area contributed by atoms with Gasteiger partial charge in [0.2, 0.25) is 0 Å². The summed E-state index contributed by atoms with van der Waals surface area (Å²) < 4.78 is 4.68. The lowest BCUT2D eigenvalue weighted by atomic mass is 10.00. The number of urea groups is 1. The van der Waals surface area contributed by atoms with Crippen LogP contribution in [0.15, 0.2) is 30.3 Å². The van der Waals surface area contributed by atoms with Crippen molar-refractivity contribution in [2.45, 2.75) is 31.6 Å². The van der Waals surface area contributed by atoms with Crippen LogP contribution >= 0.6 is 0 Å². The molecule has 1 aromatic rings. The van der Waals surface area contributed by atoms with E-state index in [2.05, 4.69) is 10.2 Å². The van der Waals surface area contributed by atoms with E-state index in [1.54, 1.807) is 0 Å². The Balaban J connectivity index is 1.88. The third-order valence-electron chi connectivity index (χ3n) is 3.55. The third-order valence-corrected chi connectivity index (χ3v) is 3.55. The summed E-state index contributed by atoms with van der Waals surface area (Å²) in [6.07, 6.45) is -0.0309. The van der Waals surface area contributed by atoms with Gasteiger partial charge in [-0.3, -0.25) is 4.84 Å². The number of aliphatic hydroxyl groups is 1. The highest BCUT2D eigenvalue weighted by molar-refractivity contribution is 5.83. The van der Waals surface area contributed by atoms with Crippen LogP contribution in [-0.2, 0) is 21.0 Å². The van der Waals surface area contributed by atoms with Gasteiger partial charge in [0.1, 0.15) is 6.04 Å². The fourth-order valence-corrected chi connectivity index (χ4v) is 2.36. The van der Waals surface area contributed by atoms with Gasteiger partial charge in [-0.05, 0) is 12.0 Å². The first-order valence-corrected chi connectivity index (χ1v) is 7.10. The Morgan fingerprint density at radius 2 is 2.09 bits per heavy atom. The Hall–Kier alpha value is -2.12. The molecular formula is C15H20N2O5. The highest BCUT2D eigenvalue weighted by Crippen LogP contribution is 2.18. The monoisotopic (exact) mass is 308 g/mol. The lowest BCUT2D eigenvalue weighted by Crippen LogP contribution is -2.54. The van der Waals surface area contributed by atoms with E-state index in [4.69, 9.17) is 4.84 Å². The van der Waals surface area contributed by atoms with Crippen LogP contribution in [0.5, 0.6) is 0 Å². The molecule has 1 fully saturated rings. The summed E-state index contributed by atoms with van der Waals surface area (Å²) in [7, 11) is 1.26. The zero-order chi connectivity index (χ0) is 15.9. The normalized spacial score (nSPS) is 21.3. The molecule has 0 saturated carbocycles. The zero-order valence-electron chi connectivity index (χ0n) is 12.4. The van der Waals surface area contributed by atoms with Gasteiger partial charge >= 0.3 is 12.0 Å². The number of carbonyl (C=O) groups excluding carboxylic acids is 2. The van der Waals surface area contributed by atoms with Crippen molar-refractivity contribution in [3.8, 4) is 0 Å². The number of hydrogen-bond acceptors (Lipinski definition) is 5. The van der Waals surface area contributed by atoms with Crippen molar-refractivity contribution < 1.29 is 24.3 Å². The number of benzene rings is 1. The number of carbonyl (C=O) groups is 2. The standard InChI is InChI=1S/C15H20N2O5/c1-21-14(19)13-9-12(18)7-8-17(13)15(20)16-22-10-11-5-3-2-4-6-11/h2-6,12-13,18H,7-10H2,1H3,(H,16,20). The maximum atomic E-state index is 12.1. The number of aliphatic hydroxyl groups excluding tert-OH is 1. The minimum atomic E-state index is -0.797. The third kappa shape index (κ3) is 4.19. The summed E-state index contributed by atoms with van der Waals surface area (Å²) in [4.78, 5) is 30.3. The second-order valence-corrected chi connectivity index (χ2v) is 5.09. The van der Waals surface area contributed by atoms with Crippen LogP contribution < -0.4 is 5.48 Å². The van der Waals surface area contributed by atoms with Crippen molar-refractivity contribution in [3.63, 3.8) is 0 Å². The van der Waals surface area contributed by atoms with Crippen LogP contribution in [0.1, 0.15) is 18.4 Å². The number of hydrogen-bond donors (Lipinski definition) is 2. The Bertz CT molecular complexity index is 508. The minimum absolute atomic E-state index is 0.165. The molecule has 1 saturated heterocycles. The molecular weight excluding hydrogens is 288 g/mol. The maximum Gasteiger partial charge on any atom is 0.342 e. The van der Waals surface area contributed by atoms with Gasteiger partial charge in [-0.2, -0.15) is 0 Å². The fourth-order valence-electron chi connectivity index (χ4n) is 2.36. The molecule has 1 aliphatic heterocycles. The fraction of sp³-hybridized carbons (Fsp3) is 0.467. The Labute approximate surface area is 128 Å². The van der Waals surface area contributed by atoms with Crippen molar-refractivity contribution in [2.24, 2.45) is 0 Å². The second-order valence-electron chi connectivity index (χ2n) is 5.09. The minimum Gasteiger partial charge on any atom is -0.467 e. The smallest absolute Gasteiger partial charge is 0.342 e. The Kier molecular flexibility index (Phi) is 5.74. The summed E-state index contributed by atoms with van der Waals surface area (Å²) in [5.41, 5.74) is 3.24. The first kappa shape index (κ1) is 16.3. The second kappa shape index (κ2) is 7.77. The summed E-state index contributed by atoms with van der Waals surface area (Å²) in [6.45, 7) is 0.493. The number of esters is 1. The van der Waals surface area contributed by atoms with Crippen LogP contribution in [0.25, 0.3) is 0 Å². The summed E-state index contributed by atoms with van der Waals surface area (Å²) in [5.74, 6) is -0.544. The van der Waals surface area contributed by atoms with Crippen molar-refractivity contribution in [2.75, 3.05) is 13.7 Å². The van der Waals surface area contributed by atoms with E-state index in [1.807, 2.05) is 30.3 Å². The van der Waals surface area contributed by atoms with E-state index in [-0.39, 0.29) is 19.6 Å². The van der Waals surface area contributed by atoms with Crippen LogP contribution in [-0.4, -0.2) is 47.8 Å². The van der Waals surface area contributed by atoms with Gasteiger partial charge in [-0.15, -0.1) is 0 Å². The molecule has 0 radical (unpaired) electrons. The number of methoxy groups -OCH3 is 1. The number of nitrogens with one attached hydrogen (secondary N) is 1. The van der Waals surface area contributed by atoms with Crippen LogP contribution in [0, 0.1) is 0 Å². The first-order valence-electron chi connectivity index (χ1n) is 7.10. The molecule has 2 unspecified atom stereocenters. The van der Waals surface area contributed by atoms with E-state index < -0.39 is 24.1 Å². The van der Waals surface area contributed by atoms with Gasteiger partial charge in [0.05, 0.1) is 19.8 Å². The SMILES string of the molecule is COC(=O)C1CC(O)CCN1C(=O)NOCc1ccccc1. The molecule has 2 rings (SSSR count). The molecule has 7 nitrogen and oxygen atoms in total. The molecule has 2 N–H and O–H groups in total. The predicted octanol–water partition coefficient (Wildman–Crippen LogP) is 0.826. The molecule has 2 amide bonds. The number of piperidine rings is 1. The van der Waals surface area contributed by atoms with Gasteiger partial charge in [-0.25, -0.2) is 15.1 Å². The molecule has 7 heteroatoms.